The minimum atomic E-state index is -1.59. The van der Waals surface area contributed by atoms with Gasteiger partial charge in [-0.25, -0.2) is 0 Å². The summed E-state index contributed by atoms with van der Waals surface area (Å²) in [6, 6.07) is 0. The van der Waals surface area contributed by atoms with Crippen molar-refractivity contribution in [2.75, 3.05) is 0 Å². The molecule has 0 amide bonds. The van der Waals surface area contributed by atoms with Crippen LogP contribution >= 0.6 is 0 Å². The first-order valence-corrected chi connectivity index (χ1v) is 12.1. The molecule has 0 aromatic rings. The third-order valence-electron chi connectivity index (χ3n) is 1.73. The fourth-order valence-electron chi connectivity index (χ4n) is 1.00. The number of halogens is 2. The molecule has 0 bridgehead atoms. The summed E-state index contributed by atoms with van der Waals surface area (Å²) in [6.07, 6.45) is 8.02. The minimum Gasteiger partial charge on any atom is -1.00 e. The Kier molecular flexibility index (Phi) is 7.32. The van der Waals surface area contributed by atoms with Crippen LogP contribution < -0.4 is 24.8 Å². The Labute approximate surface area is 86.4 Å². The van der Waals surface area contributed by atoms with Crippen LogP contribution in [-0.4, -0.2) is 0 Å². The molecule has 0 unspecified atom stereocenters. The van der Waals surface area contributed by atoms with Crippen LogP contribution in [0.2, 0.25) is 13.9 Å². The van der Waals surface area contributed by atoms with Crippen LogP contribution in [0, 0.1) is 0 Å². The molecule has 11 heavy (non-hydrogen) atoms. The van der Waals surface area contributed by atoms with Gasteiger partial charge in [-0.1, -0.05) is 0 Å². The largest absolute Gasteiger partial charge is 1.00 e. The maximum atomic E-state index is 2.47. The average molecular weight is 272 g/mol. The molecule has 0 radical (unpaired) electrons. The number of hydrogen-bond donors (Lipinski definition) is 0. The van der Waals surface area contributed by atoms with Gasteiger partial charge in [0.1, 0.15) is 0 Å². The van der Waals surface area contributed by atoms with Crippen LogP contribution in [0.4, 0.5) is 0 Å². The van der Waals surface area contributed by atoms with E-state index in [1.165, 1.54) is 6.42 Å². The quantitative estimate of drug-likeness (QED) is 0.482. The van der Waals surface area contributed by atoms with Crippen molar-refractivity contribution in [2.24, 2.45) is 0 Å². The smallest absolute Gasteiger partial charge is 1.00 e. The summed E-state index contributed by atoms with van der Waals surface area (Å²) in [4.78, 5) is 0. The van der Waals surface area contributed by atoms with Crippen molar-refractivity contribution < 1.29 is 45.1 Å². The Bertz CT molecular complexity index is 165. The van der Waals surface area contributed by atoms with Gasteiger partial charge in [-0.05, 0) is 0 Å². The molecule has 0 spiro atoms. The molecule has 0 aromatic heterocycles. The molecule has 1 aliphatic rings. The number of rotatable bonds is 1. The van der Waals surface area contributed by atoms with Crippen LogP contribution in [-0.2, 0) is 20.3 Å². The first kappa shape index (κ1) is 14.5. The van der Waals surface area contributed by atoms with Gasteiger partial charge < -0.3 is 24.8 Å². The molecule has 3 heteroatoms. The number of allylic oxidation sites excluding steroid dienone is 4. The molecular weight excluding hydrogens is 258 g/mol. The fourth-order valence-corrected chi connectivity index (χ4v) is 4.26. The summed E-state index contributed by atoms with van der Waals surface area (Å²) in [5.74, 6) is 0. The summed E-state index contributed by atoms with van der Waals surface area (Å²) in [5.41, 5.74) is 0. The molecule has 0 heterocycles. The third-order valence-corrected chi connectivity index (χ3v) is 7.38. The first-order valence-electron chi connectivity index (χ1n) is 3.47. The average Bonchev–Trinajstić information content (AvgIpc) is 2.08. The van der Waals surface area contributed by atoms with Crippen LogP contribution in [0.25, 0.3) is 0 Å². The summed E-state index contributed by atoms with van der Waals surface area (Å²) in [5, 5.41) is 0. The van der Waals surface area contributed by atoms with E-state index in [1.807, 2.05) is 0 Å². The van der Waals surface area contributed by atoms with E-state index < -0.39 is 20.3 Å². The van der Waals surface area contributed by atoms with Gasteiger partial charge in [-0.2, -0.15) is 0 Å². The monoisotopic (exact) mass is 270 g/mol. The fraction of sp³-hybridized carbons (Fsp3) is 0.500. The zero-order valence-electron chi connectivity index (χ0n) is 7.20. The molecule has 0 atom stereocenters. The maximum Gasteiger partial charge on any atom is -1.00 e. The van der Waals surface area contributed by atoms with Crippen molar-refractivity contribution in [3.8, 4) is 0 Å². The molecule has 0 aliphatic heterocycles. The molecule has 1 aliphatic carbocycles. The molecule has 0 fully saturated rings. The van der Waals surface area contributed by atoms with Crippen molar-refractivity contribution in [2.45, 2.75) is 20.3 Å². The van der Waals surface area contributed by atoms with Crippen LogP contribution in [0.15, 0.2) is 21.5 Å². The molecule has 0 saturated heterocycles. The molecule has 0 nitrogen and oxygen atoms in total. The van der Waals surface area contributed by atoms with Gasteiger partial charge in [0.2, 0.25) is 0 Å². The number of hydrogen-bond acceptors (Lipinski definition) is 0. The van der Waals surface area contributed by atoms with Gasteiger partial charge >= 0.3 is 62.1 Å². The second-order valence-electron chi connectivity index (χ2n) is 3.57. The van der Waals surface area contributed by atoms with Crippen LogP contribution in [0.1, 0.15) is 6.42 Å². The van der Waals surface area contributed by atoms with E-state index in [-0.39, 0.29) is 24.8 Å². The van der Waals surface area contributed by atoms with E-state index in [9.17, 15) is 0 Å². The van der Waals surface area contributed by atoms with Crippen LogP contribution in [0.3, 0.4) is 0 Å². The predicted molar refractivity (Wildman–Crippen MR) is 39.4 cm³/mol. The standard InChI is InChI=1S/C5H5.3CH3.2ClH.Zr/c1-2-4-5-3-1;;;;;;/h1-3H,4H2;3*1H3;2*1H;/q;;;;;;+2/p-2. The minimum absolute atomic E-state index is 0. The summed E-state index contributed by atoms with van der Waals surface area (Å²) in [6.45, 7) is 0. The van der Waals surface area contributed by atoms with Gasteiger partial charge in [-0.15, -0.1) is 0 Å². The first-order chi connectivity index (χ1) is 4.11. The summed E-state index contributed by atoms with van der Waals surface area (Å²) in [7, 11) is 0. The topological polar surface area (TPSA) is 0 Å². The second-order valence-corrected chi connectivity index (χ2v) is 16.2. The van der Waals surface area contributed by atoms with Crippen molar-refractivity contribution in [3.05, 3.63) is 21.5 Å². The predicted octanol–water partition coefficient (Wildman–Crippen LogP) is -2.86. The summed E-state index contributed by atoms with van der Waals surface area (Å²) < 4.78 is 9.15. The zero-order valence-corrected chi connectivity index (χ0v) is 11.2. The van der Waals surface area contributed by atoms with Crippen molar-refractivity contribution in [1.82, 2.24) is 0 Å². The summed E-state index contributed by atoms with van der Waals surface area (Å²) >= 11 is -1.59. The van der Waals surface area contributed by atoms with Gasteiger partial charge in [0.25, 0.3) is 0 Å². The van der Waals surface area contributed by atoms with Gasteiger partial charge in [0.05, 0.1) is 0 Å². The van der Waals surface area contributed by atoms with Gasteiger partial charge in [0, 0.05) is 0 Å². The van der Waals surface area contributed by atoms with E-state index in [0.29, 0.717) is 0 Å². The maximum absolute atomic E-state index is 2.47. The molecular formula is C8H14Cl2Zr. The van der Waals surface area contributed by atoms with Crippen molar-refractivity contribution >= 4 is 0 Å². The van der Waals surface area contributed by atoms with Crippen molar-refractivity contribution in [3.63, 3.8) is 0 Å². The van der Waals surface area contributed by atoms with E-state index in [2.05, 4.69) is 32.1 Å². The Morgan fingerprint density at radius 2 is 1.73 bits per heavy atom. The Morgan fingerprint density at radius 1 is 1.18 bits per heavy atom. The van der Waals surface area contributed by atoms with E-state index >= 15 is 0 Å². The third kappa shape index (κ3) is 4.50. The van der Waals surface area contributed by atoms with Gasteiger partial charge in [0.15, 0.2) is 0 Å². The van der Waals surface area contributed by atoms with E-state index in [1.54, 1.807) is 3.28 Å². The Morgan fingerprint density at radius 3 is 1.91 bits per heavy atom. The Balaban J connectivity index is 0. The van der Waals surface area contributed by atoms with Crippen LogP contribution in [0.5, 0.6) is 0 Å². The van der Waals surface area contributed by atoms with Crippen molar-refractivity contribution in [1.29, 1.82) is 0 Å². The molecule has 0 N–H and O–H groups in total. The normalized spacial score (nSPS) is 13.5. The Hall–Kier alpha value is 0.943. The SMILES string of the molecule is [CH3][Zr+2]([CH3])([CH3])[C]1=CC=CC1.[Cl-].[Cl-]. The molecule has 0 aromatic carbocycles. The molecule has 0 saturated carbocycles. The second kappa shape index (κ2) is 5.57. The van der Waals surface area contributed by atoms with Gasteiger partial charge in [-0.3, -0.25) is 0 Å². The van der Waals surface area contributed by atoms with E-state index in [4.69, 9.17) is 0 Å². The van der Waals surface area contributed by atoms with E-state index in [0.717, 1.165) is 0 Å². The zero-order chi connectivity index (χ0) is 6.91. The molecule has 1 rings (SSSR count). The molecule has 64 valence electrons.